The standard InChI is InChI=1S/C11H20N4O/c1-14(6-10-5-13-15(2)7-10)8-11-9-16-4-3-12-11/h5,7,11-12H,3-4,6,8-9H2,1-2H3. The van der Waals surface area contributed by atoms with E-state index in [-0.39, 0.29) is 0 Å². The van der Waals surface area contributed by atoms with Crippen molar-refractivity contribution in [3.63, 3.8) is 0 Å². The second-order valence-corrected chi connectivity index (χ2v) is 4.44. The molecule has 0 spiro atoms. The molecule has 1 aliphatic rings. The van der Waals surface area contributed by atoms with Crippen LogP contribution in [0.1, 0.15) is 5.56 Å². The maximum absolute atomic E-state index is 5.43. The minimum Gasteiger partial charge on any atom is -0.378 e. The molecule has 0 amide bonds. The van der Waals surface area contributed by atoms with E-state index in [1.165, 1.54) is 5.56 Å². The number of nitrogens with zero attached hydrogens (tertiary/aromatic N) is 3. The van der Waals surface area contributed by atoms with Crippen LogP contribution in [0.15, 0.2) is 12.4 Å². The summed E-state index contributed by atoms with van der Waals surface area (Å²) in [5, 5.41) is 7.62. The first kappa shape index (κ1) is 11.6. The summed E-state index contributed by atoms with van der Waals surface area (Å²) in [5.41, 5.74) is 1.25. The Bertz CT molecular complexity index is 320. The normalized spacial score (nSPS) is 21.6. The fraction of sp³-hybridized carbons (Fsp3) is 0.727. The molecule has 2 rings (SSSR count). The molecule has 1 aliphatic heterocycles. The van der Waals surface area contributed by atoms with Gasteiger partial charge in [0, 0.05) is 44.5 Å². The van der Waals surface area contributed by atoms with Crippen molar-refractivity contribution in [3.8, 4) is 0 Å². The van der Waals surface area contributed by atoms with Crippen LogP contribution in [0, 0.1) is 0 Å². The van der Waals surface area contributed by atoms with Crippen LogP contribution < -0.4 is 5.32 Å². The van der Waals surface area contributed by atoms with Crippen LogP contribution in [-0.4, -0.2) is 54.1 Å². The summed E-state index contributed by atoms with van der Waals surface area (Å²) in [6.07, 6.45) is 3.97. The van der Waals surface area contributed by atoms with Crippen LogP contribution in [0.3, 0.4) is 0 Å². The Labute approximate surface area is 96.4 Å². The Hall–Kier alpha value is -0.910. The maximum Gasteiger partial charge on any atom is 0.0632 e. The number of aromatic nitrogens is 2. The molecule has 90 valence electrons. The third-order valence-electron chi connectivity index (χ3n) is 2.74. The average molecular weight is 224 g/mol. The highest BCUT2D eigenvalue weighted by Gasteiger charge is 2.15. The SMILES string of the molecule is CN(Cc1cnn(C)c1)CC1COCCN1. The van der Waals surface area contributed by atoms with Crippen LogP contribution in [0.25, 0.3) is 0 Å². The molecule has 1 fully saturated rings. The molecule has 1 N–H and O–H groups in total. The summed E-state index contributed by atoms with van der Waals surface area (Å²) in [7, 11) is 4.07. The Balaban J connectivity index is 1.77. The number of nitrogens with one attached hydrogen (secondary N) is 1. The summed E-state index contributed by atoms with van der Waals surface area (Å²) in [6, 6.07) is 0.454. The van der Waals surface area contributed by atoms with Crippen LogP contribution in [0.4, 0.5) is 0 Å². The van der Waals surface area contributed by atoms with Gasteiger partial charge >= 0.3 is 0 Å². The van der Waals surface area contributed by atoms with E-state index < -0.39 is 0 Å². The first-order chi connectivity index (χ1) is 7.74. The van der Waals surface area contributed by atoms with E-state index in [9.17, 15) is 0 Å². The summed E-state index contributed by atoms with van der Waals surface area (Å²) in [6.45, 7) is 4.56. The molecular formula is C11H20N4O. The zero-order chi connectivity index (χ0) is 11.4. The minimum absolute atomic E-state index is 0.454. The lowest BCUT2D eigenvalue weighted by Gasteiger charge is -2.27. The van der Waals surface area contributed by atoms with Crippen LogP contribution in [-0.2, 0) is 18.3 Å². The molecule has 1 unspecified atom stereocenters. The fourth-order valence-corrected chi connectivity index (χ4v) is 2.04. The Morgan fingerprint density at radius 1 is 1.69 bits per heavy atom. The highest BCUT2D eigenvalue weighted by Crippen LogP contribution is 2.03. The molecule has 1 aromatic heterocycles. The largest absolute Gasteiger partial charge is 0.378 e. The molecule has 1 saturated heterocycles. The summed E-state index contributed by atoms with van der Waals surface area (Å²) in [4.78, 5) is 2.30. The lowest BCUT2D eigenvalue weighted by atomic mass is 10.2. The van der Waals surface area contributed by atoms with E-state index in [1.54, 1.807) is 0 Å². The second kappa shape index (κ2) is 5.43. The predicted octanol–water partition coefficient (Wildman–Crippen LogP) is -0.160. The van der Waals surface area contributed by atoms with Crippen molar-refractivity contribution >= 4 is 0 Å². The maximum atomic E-state index is 5.43. The summed E-state index contributed by atoms with van der Waals surface area (Å²) >= 11 is 0. The molecule has 0 saturated carbocycles. The number of ether oxygens (including phenoxy) is 1. The van der Waals surface area contributed by atoms with Crippen LogP contribution in [0.2, 0.25) is 0 Å². The molecule has 1 atom stereocenters. The van der Waals surface area contributed by atoms with Crippen molar-refractivity contribution in [2.75, 3.05) is 33.4 Å². The van der Waals surface area contributed by atoms with Crippen molar-refractivity contribution in [2.45, 2.75) is 12.6 Å². The van der Waals surface area contributed by atoms with E-state index in [0.29, 0.717) is 6.04 Å². The van der Waals surface area contributed by atoms with Crippen LogP contribution in [0.5, 0.6) is 0 Å². The van der Waals surface area contributed by atoms with Gasteiger partial charge in [-0.3, -0.25) is 4.68 Å². The molecule has 0 aliphatic carbocycles. The molecule has 2 heterocycles. The molecule has 16 heavy (non-hydrogen) atoms. The lowest BCUT2D eigenvalue weighted by molar-refractivity contribution is 0.0645. The summed E-state index contributed by atoms with van der Waals surface area (Å²) < 4.78 is 7.27. The van der Waals surface area contributed by atoms with Gasteiger partial charge in [-0.25, -0.2) is 0 Å². The van der Waals surface area contributed by atoms with Gasteiger partial charge in [-0.1, -0.05) is 0 Å². The predicted molar refractivity (Wildman–Crippen MR) is 62.2 cm³/mol. The molecule has 5 heteroatoms. The van der Waals surface area contributed by atoms with E-state index in [4.69, 9.17) is 4.74 Å². The van der Waals surface area contributed by atoms with Crippen molar-refractivity contribution in [2.24, 2.45) is 7.05 Å². The minimum atomic E-state index is 0.454. The number of aryl methyl sites for hydroxylation is 1. The van der Waals surface area contributed by atoms with Gasteiger partial charge < -0.3 is 15.0 Å². The third-order valence-corrected chi connectivity index (χ3v) is 2.74. The quantitative estimate of drug-likeness (QED) is 0.772. The van der Waals surface area contributed by atoms with Gasteiger partial charge in [0.05, 0.1) is 19.4 Å². The number of hydrogen-bond donors (Lipinski definition) is 1. The van der Waals surface area contributed by atoms with Crippen molar-refractivity contribution < 1.29 is 4.74 Å². The number of likely N-dealkylation sites (N-methyl/N-ethyl adjacent to an activating group) is 1. The number of rotatable bonds is 4. The first-order valence-corrected chi connectivity index (χ1v) is 5.71. The lowest BCUT2D eigenvalue weighted by Crippen LogP contribution is -2.47. The van der Waals surface area contributed by atoms with Crippen molar-refractivity contribution in [1.82, 2.24) is 20.0 Å². The molecule has 0 bridgehead atoms. The molecule has 0 aromatic carbocycles. The number of hydrogen-bond acceptors (Lipinski definition) is 4. The van der Waals surface area contributed by atoms with Gasteiger partial charge in [0.15, 0.2) is 0 Å². The highest BCUT2D eigenvalue weighted by atomic mass is 16.5. The van der Waals surface area contributed by atoms with Gasteiger partial charge in [-0.05, 0) is 7.05 Å². The molecule has 0 radical (unpaired) electrons. The van der Waals surface area contributed by atoms with Crippen LogP contribution >= 0.6 is 0 Å². The topological polar surface area (TPSA) is 42.3 Å². The molecular weight excluding hydrogens is 204 g/mol. The van der Waals surface area contributed by atoms with E-state index >= 15 is 0 Å². The van der Waals surface area contributed by atoms with Gasteiger partial charge in [-0.2, -0.15) is 5.10 Å². The van der Waals surface area contributed by atoms with Gasteiger partial charge in [-0.15, -0.1) is 0 Å². The zero-order valence-corrected chi connectivity index (χ0v) is 10.0. The summed E-state index contributed by atoms with van der Waals surface area (Å²) in [5.74, 6) is 0. The smallest absolute Gasteiger partial charge is 0.0632 e. The van der Waals surface area contributed by atoms with E-state index in [1.807, 2.05) is 17.9 Å². The number of morpholine rings is 1. The van der Waals surface area contributed by atoms with Gasteiger partial charge in [0.1, 0.15) is 0 Å². The second-order valence-electron chi connectivity index (χ2n) is 4.44. The van der Waals surface area contributed by atoms with Crippen molar-refractivity contribution in [3.05, 3.63) is 18.0 Å². The zero-order valence-electron chi connectivity index (χ0n) is 10.0. The van der Waals surface area contributed by atoms with Gasteiger partial charge in [0.25, 0.3) is 0 Å². The highest BCUT2D eigenvalue weighted by molar-refractivity contribution is 5.03. The van der Waals surface area contributed by atoms with E-state index in [2.05, 4.69) is 28.6 Å². The average Bonchev–Trinajstić information content (AvgIpc) is 2.65. The fourth-order valence-electron chi connectivity index (χ4n) is 2.04. The third kappa shape index (κ3) is 3.30. The molecule has 5 nitrogen and oxygen atoms in total. The Morgan fingerprint density at radius 2 is 2.56 bits per heavy atom. The van der Waals surface area contributed by atoms with Crippen molar-refractivity contribution in [1.29, 1.82) is 0 Å². The Kier molecular flexibility index (Phi) is 3.93. The van der Waals surface area contributed by atoms with E-state index in [0.717, 1.165) is 32.8 Å². The van der Waals surface area contributed by atoms with Gasteiger partial charge in [0.2, 0.25) is 0 Å². The Morgan fingerprint density at radius 3 is 3.19 bits per heavy atom. The molecule has 1 aromatic rings. The monoisotopic (exact) mass is 224 g/mol. The first-order valence-electron chi connectivity index (χ1n) is 5.71.